The Morgan fingerprint density at radius 2 is 1.93 bits per heavy atom. The number of guanidine groups is 1. The van der Waals surface area contributed by atoms with E-state index < -0.39 is 0 Å². The van der Waals surface area contributed by atoms with Crippen molar-refractivity contribution in [3.05, 3.63) is 40.7 Å². The number of aromatic nitrogens is 2. The van der Waals surface area contributed by atoms with E-state index in [9.17, 15) is 0 Å². The van der Waals surface area contributed by atoms with Crippen LogP contribution in [0, 0.1) is 13.8 Å². The molecule has 0 bridgehead atoms. The van der Waals surface area contributed by atoms with Crippen molar-refractivity contribution in [1.82, 2.24) is 20.4 Å². The Kier molecular flexibility index (Phi) is 7.72. The van der Waals surface area contributed by atoms with E-state index in [4.69, 9.17) is 14.5 Å². The highest BCUT2D eigenvalue weighted by atomic mass is 16.5. The van der Waals surface area contributed by atoms with Gasteiger partial charge in [0.25, 0.3) is 0 Å². The molecule has 0 aliphatic rings. The van der Waals surface area contributed by atoms with E-state index in [0.717, 1.165) is 35.9 Å². The van der Waals surface area contributed by atoms with Gasteiger partial charge in [0.1, 0.15) is 0 Å². The van der Waals surface area contributed by atoms with Gasteiger partial charge in [-0.3, -0.25) is 4.68 Å². The Morgan fingerprint density at radius 1 is 1.21 bits per heavy atom. The molecule has 2 rings (SSSR count). The molecule has 154 valence electrons. The summed E-state index contributed by atoms with van der Waals surface area (Å²) in [6, 6.07) is 6.09. The van der Waals surface area contributed by atoms with Gasteiger partial charge in [0.05, 0.1) is 26.5 Å². The average Bonchev–Trinajstić information content (AvgIpc) is 2.92. The maximum Gasteiger partial charge on any atom is 0.191 e. The van der Waals surface area contributed by atoms with Crippen LogP contribution in [-0.4, -0.2) is 42.5 Å². The van der Waals surface area contributed by atoms with Crippen LogP contribution in [-0.2, 0) is 20.0 Å². The number of rotatable bonds is 8. The van der Waals surface area contributed by atoms with E-state index in [-0.39, 0.29) is 6.04 Å². The van der Waals surface area contributed by atoms with Gasteiger partial charge in [0.15, 0.2) is 17.5 Å². The number of hydrogen-bond acceptors (Lipinski definition) is 4. The van der Waals surface area contributed by atoms with E-state index >= 15 is 0 Å². The summed E-state index contributed by atoms with van der Waals surface area (Å²) >= 11 is 0. The number of hydrogen-bond donors (Lipinski definition) is 2. The number of aryl methyl sites for hydroxylation is 2. The fraction of sp³-hybridized carbons (Fsp3) is 0.524. The maximum atomic E-state index is 5.37. The normalized spacial score (nSPS) is 12.6. The molecule has 0 fully saturated rings. The molecule has 1 aromatic heterocycles. The van der Waals surface area contributed by atoms with Gasteiger partial charge in [-0.25, -0.2) is 4.99 Å². The Labute approximate surface area is 168 Å². The molecule has 0 aliphatic carbocycles. The number of ether oxygens (including phenoxy) is 2. The molecule has 0 spiro atoms. The van der Waals surface area contributed by atoms with Crippen LogP contribution in [0.5, 0.6) is 11.5 Å². The molecule has 1 heterocycles. The third-order valence-electron chi connectivity index (χ3n) is 4.76. The van der Waals surface area contributed by atoms with E-state index in [1.165, 1.54) is 11.3 Å². The summed E-state index contributed by atoms with van der Waals surface area (Å²) in [5.74, 6) is 2.23. The van der Waals surface area contributed by atoms with Gasteiger partial charge < -0.3 is 20.1 Å². The molecule has 7 heteroatoms. The molecular weight excluding hydrogens is 354 g/mol. The zero-order chi connectivity index (χ0) is 20.7. The largest absolute Gasteiger partial charge is 0.493 e. The van der Waals surface area contributed by atoms with Gasteiger partial charge >= 0.3 is 0 Å². The maximum absolute atomic E-state index is 5.37. The zero-order valence-corrected chi connectivity index (χ0v) is 18.1. The Bertz CT molecular complexity index is 813. The lowest BCUT2D eigenvalue weighted by Crippen LogP contribution is -2.43. The molecule has 1 aromatic carbocycles. The number of nitrogens with one attached hydrogen (secondary N) is 2. The van der Waals surface area contributed by atoms with Crippen molar-refractivity contribution in [1.29, 1.82) is 0 Å². The molecule has 0 saturated heterocycles. The van der Waals surface area contributed by atoms with Gasteiger partial charge in [-0.1, -0.05) is 6.07 Å². The van der Waals surface area contributed by atoms with Crippen LogP contribution < -0.4 is 20.1 Å². The number of methoxy groups -OCH3 is 2. The number of benzene rings is 1. The smallest absolute Gasteiger partial charge is 0.191 e. The van der Waals surface area contributed by atoms with Crippen molar-refractivity contribution in [2.75, 3.05) is 20.8 Å². The second kappa shape index (κ2) is 10.0. The van der Waals surface area contributed by atoms with Crippen LogP contribution in [0.1, 0.15) is 36.4 Å². The summed E-state index contributed by atoms with van der Waals surface area (Å²) in [5.41, 5.74) is 4.64. The third-order valence-corrected chi connectivity index (χ3v) is 4.76. The Morgan fingerprint density at radius 3 is 2.50 bits per heavy atom. The molecule has 0 saturated carbocycles. The highest BCUT2D eigenvalue weighted by Gasteiger charge is 2.14. The molecule has 7 nitrogen and oxygen atoms in total. The van der Waals surface area contributed by atoms with Crippen molar-refractivity contribution in [3.8, 4) is 11.5 Å². The molecule has 1 unspecified atom stereocenters. The van der Waals surface area contributed by atoms with E-state index in [0.29, 0.717) is 12.3 Å². The van der Waals surface area contributed by atoms with E-state index in [1.54, 1.807) is 14.2 Å². The third kappa shape index (κ3) is 5.41. The monoisotopic (exact) mass is 387 g/mol. The molecule has 1 atom stereocenters. The van der Waals surface area contributed by atoms with Crippen molar-refractivity contribution < 1.29 is 9.47 Å². The molecule has 28 heavy (non-hydrogen) atoms. The lowest BCUT2D eigenvalue weighted by molar-refractivity contribution is 0.354. The molecule has 0 radical (unpaired) electrons. The highest BCUT2D eigenvalue weighted by Crippen LogP contribution is 2.27. The fourth-order valence-corrected chi connectivity index (χ4v) is 3.17. The first-order valence-corrected chi connectivity index (χ1v) is 9.64. The first-order chi connectivity index (χ1) is 13.4. The van der Waals surface area contributed by atoms with Crippen LogP contribution in [0.3, 0.4) is 0 Å². The van der Waals surface area contributed by atoms with Crippen molar-refractivity contribution in [3.63, 3.8) is 0 Å². The van der Waals surface area contributed by atoms with Crippen LogP contribution in [0.25, 0.3) is 0 Å². The van der Waals surface area contributed by atoms with Crippen LogP contribution >= 0.6 is 0 Å². The standard InChI is InChI=1S/C21H33N5O2/c1-8-22-21(23-13-17-9-10-19(27-6)20(12-17)28-7)24-14(2)11-18-15(3)25-26(5)16(18)4/h9-10,12,14H,8,11,13H2,1-7H3,(H2,22,23,24). The van der Waals surface area contributed by atoms with Crippen molar-refractivity contribution in [2.24, 2.45) is 12.0 Å². The van der Waals surface area contributed by atoms with Gasteiger partial charge in [0, 0.05) is 25.3 Å². The molecule has 2 N–H and O–H groups in total. The van der Waals surface area contributed by atoms with Crippen molar-refractivity contribution in [2.45, 2.75) is 46.7 Å². The minimum absolute atomic E-state index is 0.227. The van der Waals surface area contributed by atoms with Crippen LogP contribution in [0.15, 0.2) is 23.2 Å². The second-order valence-corrected chi connectivity index (χ2v) is 6.91. The topological polar surface area (TPSA) is 72.7 Å². The second-order valence-electron chi connectivity index (χ2n) is 6.91. The summed E-state index contributed by atoms with van der Waals surface area (Å²) in [5, 5.41) is 11.3. The lowest BCUT2D eigenvalue weighted by atomic mass is 10.1. The van der Waals surface area contributed by atoms with Crippen LogP contribution in [0.4, 0.5) is 0 Å². The van der Waals surface area contributed by atoms with Gasteiger partial charge in [-0.2, -0.15) is 5.10 Å². The van der Waals surface area contributed by atoms with Gasteiger partial charge in [0.2, 0.25) is 0 Å². The first kappa shape index (κ1) is 21.6. The summed E-state index contributed by atoms with van der Waals surface area (Å²) < 4.78 is 12.6. The van der Waals surface area contributed by atoms with Gasteiger partial charge in [-0.05, 0) is 57.4 Å². The minimum atomic E-state index is 0.227. The molecule has 2 aromatic rings. The Balaban J connectivity index is 2.07. The lowest BCUT2D eigenvalue weighted by Gasteiger charge is -2.18. The van der Waals surface area contributed by atoms with Crippen LogP contribution in [0.2, 0.25) is 0 Å². The molecule has 0 amide bonds. The molecular formula is C21H33N5O2. The predicted molar refractivity (Wildman–Crippen MR) is 113 cm³/mol. The summed E-state index contributed by atoms with van der Waals surface area (Å²) in [7, 11) is 5.26. The van der Waals surface area contributed by atoms with Crippen molar-refractivity contribution >= 4 is 5.96 Å². The quantitative estimate of drug-likeness (QED) is 0.538. The zero-order valence-electron chi connectivity index (χ0n) is 18.1. The Hall–Kier alpha value is -2.70. The number of aliphatic imine (C=N–C) groups is 1. The predicted octanol–water partition coefficient (Wildman–Crippen LogP) is 2.74. The SMILES string of the molecule is CCNC(=NCc1ccc(OC)c(OC)c1)NC(C)Cc1c(C)nn(C)c1C. The van der Waals surface area contributed by atoms with E-state index in [2.05, 4.69) is 43.4 Å². The molecule has 0 aliphatic heterocycles. The highest BCUT2D eigenvalue weighted by molar-refractivity contribution is 5.80. The van der Waals surface area contributed by atoms with Gasteiger partial charge in [-0.15, -0.1) is 0 Å². The summed E-state index contributed by atoms with van der Waals surface area (Å²) in [4.78, 5) is 4.72. The minimum Gasteiger partial charge on any atom is -0.493 e. The first-order valence-electron chi connectivity index (χ1n) is 9.64. The van der Waals surface area contributed by atoms with E-state index in [1.807, 2.05) is 29.9 Å². The average molecular weight is 388 g/mol. The number of nitrogens with zero attached hydrogens (tertiary/aromatic N) is 3. The fourth-order valence-electron chi connectivity index (χ4n) is 3.17. The summed E-state index contributed by atoms with van der Waals surface area (Å²) in [6.07, 6.45) is 0.895. The summed E-state index contributed by atoms with van der Waals surface area (Å²) in [6.45, 7) is 9.75.